The Balaban J connectivity index is 2.71. The molecular formula is C14H24N4O2. The van der Waals surface area contributed by atoms with Crippen LogP contribution in [0.4, 0.5) is 17.3 Å². The van der Waals surface area contributed by atoms with Crippen LogP contribution < -0.4 is 10.6 Å². The lowest BCUT2D eigenvalue weighted by atomic mass is 10.0. The molecule has 0 bridgehead atoms. The fraction of sp³-hybridized carbons (Fsp3) is 0.643. The number of anilines is 2. The van der Waals surface area contributed by atoms with E-state index in [1.807, 2.05) is 6.92 Å². The van der Waals surface area contributed by atoms with Crippen LogP contribution in [0.2, 0.25) is 0 Å². The van der Waals surface area contributed by atoms with Crippen molar-refractivity contribution in [2.24, 2.45) is 5.92 Å². The first-order valence-corrected chi connectivity index (χ1v) is 7.03. The van der Waals surface area contributed by atoms with Crippen molar-refractivity contribution in [1.82, 2.24) is 4.98 Å². The number of nitrogens with one attached hydrogen (secondary N) is 2. The van der Waals surface area contributed by atoms with Crippen molar-refractivity contribution in [3.63, 3.8) is 0 Å². The normalized spacial score (nSPS) is 12.2. The maximum atomic E-state index is 11.0. The van der Waals surface area contributed by atoms with E-state index in [4.69, 9.17) is 0 Å². The van der Waals surface area contributed by atoms with Crippen molar-refractivity contribution < 1.29 is 4.92 Å². The quantitative estimate of drug-likeness (QED) is 0.561. The molecule has 0 aromatic carbocycles. The Morgan fingerprint density at radius 1 is 1.30 bits per heavy atom. The Hall–Kier alpha value is -1.85. The summed E-state index contributed by atoms with van der Waals surface area (Å²) in [4.78, 5) is 14.8. The van der Waals surface area contributed by atoms with Crippen LogP contribution in [-0.4, -0.2) is 23.0 Å². The summed E-state index contributed by atoms with van der Waals surface area (Å²) in [5.74, 6) is 1.63. The van der Waals surface area contributed by atoms with Crippen LogP contribution in [0.3, 0.4) is 0 Å². The molecule has 0 radical (unpaired) electrons. The van der Waals surface area contributed by atoms with Gasteiger partial charge in [-0.3, -0.25) is 10.1 Å². The van der Waals surface area contributed by atoms with E-state index in [0.717, 1.165) is 19.3 Å². The average molecular weight is 280 g/mol. The molecule has 0 saturated heterocycles. The van der Waals surface area contributed by atoms with Crippen molar-refractivity contribution in [1.29, 1.82) is 0 Å². The summed E-state index contributed by atoms with van der Waals surface area (Å²) in [6, 6.07) is 3.24. The van der Waals surface area contributed by atoms with Gasteiger partial charge in [-0.05, 0) is 25.3 Å². The third kappa shape index (κ3) is 5.03. The molecule has 0 aliphatic carbocycles. The Bertz CT molecular complexity index is 449. The molecule has 0 aliphatic rings. The van der Waals surface area contributed by atoms with Crippen molar-refractivity contribution in [3.05, 3.63) is 22.2 Å². The number of hydrogen-bond donors (Lipinski definition) is 2. The largest absolute Gasteiger partial charge is 0.373 e. The highest BCUT2D eigenvalue weighted by molar-refractivity contribution is 5.60. The highest BCUT2D eigenvalue weighted by Gasteiger charge is 2.17. The minimum Gasteiger partial charge on any atom is -0.373 e. The van der Waals surface area contributed by atoms with E-state index >= 15 is 0 Å². The second-order valence-corrected chi connectivity index (χ2v) is 5.44. The van der Waals surface area contributed by atoms with Crippen LogP contribution in [0, 0.1) is 16.0 Å². The number of aromatic nitrogens is 1. The van der Waals surface area contributed by atoms with Crippen molar-refractivity contribution in [2.75, 3.05) is 17.7 Å². The minimum atomic E-state index is -0.407. The molecule has 6 nitrogen and oxygen atoms in total. The summed E-state index contributed by atoms with van der Waals surface area (Å²) in [6.45, 7) is 6.42. The number of rotatable bonds is 8. The van der Waals surface area contributed by atoms with Gasteiger partial charge in [0, 0.05) is 19.2 Å². The first-order valence-electron chi connectivity index (χ1n) is 7.03. The van der Waals surface area contributed by atoms with Crippen LogP contribution in [0.1, 0.15) is 40.0 Å². The van der Waals surface area contributed by atoms with Crippen LogP contribution in [-0.2, 0) is 0 Å². The SMILES string of the molecule is CNc1ccc([N+](=O)[O-])c(NC(C)CCCC(C)C)n1. The Morgan fingerprint density at radius 2 is 2.00 bits per heavy atom. The van der Waals surface area contributed by atoms with Gasteiger partial charge in [0.2, 0.25) is 5.82 Å². The average Bonchev–Trinajstić information content (AvgIpc) is 2.37. The zero-order valence-electron chi connectivity index (χ0n) is 12.6. The highest BCUT2D eigenvalue weighted by atomic mass is 16.6. The lowest BCUT2D eigenvalue weighted by molar-refractivity contribution is -0.384. The first-order chi connectivity index (χ1) is 9.43. The van der Waals surface area contributed by atoms with Crippen LogP contribution in [0.5, 0.6) is 0 Å². The van der Waals surface area contributed by atoms with Gasteiger partial charge in [0.25, 0.3) is 0 Å². The number of nitro groups is 1. The molecule has 20 heavy (non-hydrogen) atoms. The monoisotopic (exact) mass is 280 g/mol. The van der Waals surface area contributed by atoms with E-state index < -0.39 is 4.92 Å². The molecule has 1 aromatic heterocycles. The molecule has 0 saturated carbocycles. The van der Waals surface area contributed by atoms with Crippen LogP contribution in [0.15, 0.2) is 12.1 Å². The molecule has 0 fully saturated rings. The topological polar surface area (TPSA) is 80.1 Å². The Labute approximate surface area is 120 Å². The van der Waals surface area contributed by atoms with E-state index in [2.05, 4.69) is 29.5 Å². The summed E-state index contributed by atoms with van der Waals surface area (Å²) in [5, 5.41) is 17.1. The molecule has 1 heterocycles. The molecule has 6 heteroatoms. The van der Waals surface area contributed by atoms with E-state index in [9.17, 15) is 10.1 Å². The van der Waals surface area contributed by atoms with Crippen molar-refractivity contribution >= 4 is 17.3 Å². The van der Waals surface area contributed by atoms with Crippen LogP contribution in [0.25, 0.3) is 0 Å². The fourth-order valence-corrected chi connectivity index (χ4v) is 1.98. The lowest BCUT2D eigenvalue weighted by Gasteiger charge is -2.15. The molecule has 1 rings (SSSR count). The number of nitrogens with zero attached hydrogens (tertiary/aromatic N) is 2. The summed E-state index contributed by atoms with van der Waals surface area (Å²) in [7, 11) is 1.74. The molecule has 0 amide bonds. The second kappa shape index (κ2) is 7.67. The molecule has 2 N–H and O–H groups in total. The van der Waals surface area contributed by atoms with Gasteiger partial charge in [-0.1, -0.05) is 26.7 Å². The Kier molecular flexibility index (Phi) is 6.21. The number of hydrogen-bond acceptors (Lipinski definition) is 5. The van der Waals surface area contributed by atoms with E-state index in [-0.39, 0.29) is 11.7 Å². The van der Waals surface area contributed by atoms with Gasteiger partial charge >= 0.3 is 5.69 Å². The summed E-state index contributed by atoms with van der Waals surface area (Å²) < 4.78 is 0. The third-order valence-corrected chi connectivity index (χ3v) is 3.13. The number of pyridine rings is 1. The van der Waals surface area contributed by atoms with Crippen molar-refractivity contribution in [3.8, 4) is 0 Å². The van der Waals surface area contributed by atoms with E-state index in [0.29, 0.717) is 17.6 Å². The summed E-state index contributed by atoms with van der Waals surface area (Å²) >= 11 is 0. The van der Waals surface area contributed by atoms with Gasteiger partial charge in [0.05, 0.1) is 4.92 Å². The fourth-order valence-electron chi connectivity index (χ4n) is 1.98. The van der Waals surface area contributed by atoms with Crippen molar-refractivity contribution in [2.45, 2.75) is 46.1 Å². The first kappa shape index (κ1) is 16.2. The zero-order valence-corrected chi connectivity index (χ0v) is 12.6. The highest BCUT2D eigenvalue weighted by Crippen LogP contribution is 2.25. The molecule has 1 unspecified atom stereocenters. The third-order valence-electron chi connectivity index (χ3n) is 3.13. The van der Waals surface area contributed by atoms with Gasteiger partial charge in [0.15, 0.2) is 0 Å². The molecule has 1 aromatic rings. The second-order valence-electron chi connectivity index (χ2n) is 5.44. The maximum Gasteiger partial charge on any atom is 0.311 e. The van der Waals surface area contributed by atoms with E-state index in [1.165, 1.54) is 6.07 Å². The molecular weight excluding hydrogens is 256 g/mol. The molecule has 112 valence electrons. The summed E-state index contributed by atoms with van der Waals surface area (Å²) in [5.41, 5.74) is 0.0136. The van der Waals surface area contributed by atoms with Gasteiger partial charge in [-0.25, -0.2) is 4.98 Å². The zero-order chi connectivity index (χ0) is 15.1. The molecule has 0 aliphatic heterocycles. The van der Waals surface area contributed by atoms with Gasteiger partial charge in [0.1, 0.15) is 5.82 Å². The lowest BCUT2D eigenvalue weighted by Crippen LogP contribution is -2.17. The predicted molar refractivity (Wildman–Crippen MR) is 82.2 cm³/mol. The van der Waals surface area contributed by atoms with Gasteiger partial charge in [-0.2, -0.15) is 0 Å². The molecule has 0 spiro atoms. The van der Waals surface area contributed by atoms with Gasteiger partial charge in [-0.15, -0.1) is 0 Å². The Morgan fingerprint density at radius 3 is 2.55 bits per heavy atom. The molecule has 1 atom stereocenters. The standard InChI is InChI=1S/C14H24N4O2/c1-10(2)6-5-7-11(3)16-14-12(18(19)20)8-9-13(15-4)17-14/h8-11H,5-7H2,1-4H3,(H2,15,16,17). The van der Waals surface area contributed by atoms with Gasteiger partial charge < -0.3 is 10.6 Å². The minimum absolute atomic E-state index is 0.0136. The smallest absolute Gasteiger partial charge is 0.311 e. The van der Waals surface area contributed by atoms with Crippen LogP contribution >= 0.6 is 0 Å². The maximum absolute atomic E-state index is 11.0. The van der Waals surface area contributed by atoms with E-state index in [1.54, 1.807) is 13.1 Å². The summed E-state index contributed by atoms with van der Waals surface area (Å²) in [6.07, 6.45) is 3.24. The predicted octanol–water partition coefficient (Wildman–Crippen LogP) is 3.66.